The highest BCUT2D eigenvalue weighted by atomic mass is 16.3. The maximum absolute atomic E-state index is 9.76. The fourth-order valence-corrected chi connectivity index (χ4v) is 1.22. The molecular weight excluding hydrogens is 164 g/mol. The van der Waals surface area contributed by atoms with Crippen molar-refractivity contribution in [1.29, 1.82) is 0 Å². The Labute approximate surface area is 81.3 Å². The summed E-state index contributed by atoms with van der Waals surface area (Å²) in [4.78, 5) is 0. The molecule has 1 atom stereocenters. The van der Waals surface area contributed by atoms with Gasteiger partial charge in [-0.1, -0.05) is 39.3 Å². The van der Waals surface area contributed by atoms with Crippen LogP contribution < -0.4 is 0 Å². The van der Waals surface area contributed by atoms with E-state index in [1.807, 2.05) is 26.0 Å². The first-order valence-corrected chi connectivity index (χ1v) is 5.01. The fraction of sp³-hybridized carbons (Fsp3) is 0.818. The van der Waals surface area contributed by atoms with Gasteiger partial charge in [-0.15, -0.1) is 0 Å². The smallest absolute Gasteiger partial charge is 0.0625 e. The van der Waals surface area contributed by atoms with Gasteiger partial charge in [0.1, 0.15) is 0 Å². The zero-order valence-electron chi connectivity index (χ0n) is 8.95. The van der Waals surface area contributed by atoms with Crippen LogP contribution in [0.3, 0.4) is 0 Å². The highest BCUT2D eigenvalue weighted by Crippen LogP contribution is 2.25. The maximum atomic E-state index is 9.76. The Balaban J connectivity index is 4.04. The molecule has 13 heavy (non-hydrogen) atoms. The molecule has 0 amide bonds. The lowest BCUT2D eigenvalue weighted by molar-refractivity contribution is 0.0730. The molecule has 1 unspecified atom stereocenters. The molecule has 0 aliphatic heterocycles. The third-order valence-electron chi connectivity index (χ3n) is 2.26. The molecule has 0 saturated heterocycles. The predicted octanol–water partition coefficient (Wildman–Crippen LogP) is 2.11. The molecule has 0 heterocycles. The van der Waals surface area contributed by atoms with Gasteiger partial charge in [0.2, 0.25) is 0 Å². The lowest BCUT2D eigenvalue weighted by Gasteiger charge is -2.26. The van der Waals surface area contributed by atoms with Crippen LogP contribution in [0.2, 0.25) is 0 Å². The highest BCUT2D eigenvalue weighted by molar-refractivity contribution is 4.98. The Morgan fingerprint density at radius 1 is 1.38 bits per heavy atom. The van der Waals surface area contributed by atoms with Crippen LogP contribution in [0, 0.1) is 5.41 Å². The second-order valence-electron chi connectivity index (χ2n) is 4.04. The van der Waals surface area contributed by atoms with E-state index < -0.39 is 0 Å². The van der Waals surface area contributed by atoms with Gasteiger partial charge in [-0.3, -0.25) is 0 Å². The lowest BCUT2D eigenvalue weighted by Crippen LogP contribution is -2.26. The summed E-state index contributed by atoms with van der Waals surface area (Å²) >= 11 is 0. The van der Waals surface area contributed by atoms with Crippen molar-refractivity contribution in [2.45, 2.75) is 46.1 Å². The first-order chi connectivity index (χ1) is 6.04. The largest absolute Gasteiger partial charge is 0.396 e. The van der Waals surface area contributed by atoms with Gasteiger partial charge in [0.25, 0.3) is 0 Å². The highest BCUT2D eigenvalue weighted by Gasteiger charge is 2.23. The lowest BCUT2D eigenvalue weighted by atomic mass is 9.84. The molecular formula is C11H22O2. The van der Waals surface area contributed by atoms with Crippen molar-refractivity contribution in [3.05, 3.63) is 12.2 Å². The minimum atomic E-state index is -0.285. The molecule has 0 fully saturated rings. The van der Waals surface area contributed by atoms with E-state index in [0.717, 1.165) is 12.8 Å². The average Bonchev–Trinajstić information content (AvgIpc) is 2.05. The summed E-state index contributed by atoms with van der Waals surface area (Å²) in [7, 11) is 0. The molecule has 0 rings (SSSR count). The van der Waals surface area contributed by atoms with E-state index in [1.54, 1.807) is 0 Å². The Bertz CT molecular complexity index is 150. The van der Waals surface area contributed by atoms with E-state index in [9.17, 15) is 5.11 Å². The van der Waals surface area contributed by atoms with Gasteiger partial charge >= 0.3 is 0 Å². The van der Waals surface area contributed by atoms with Gasteiger partial charge in [0.05, 0.1) is 6.10 Å². The van der Waals surface area contributed by atoms with Gasteiger partial charge < -0.3 is 10.2 Å². The van der Waals surface area contributed by atoms with Crippen molar-refractivity contribution in [2.75, 3.05) is 6.61 Å². The topological polar surface area (TPSA) is 40.5 Å². The molecule has 0 aromatic heterocycles. The molecule has 0 bridgehead atoms. The van der Waals surface area contributed by atoms with Crippen molar-refractivity contribution >= 4 is 0 Å². The van der Waals surface area contributed by atoms with Gasteiger partial charge in [-0.2, -0.15) is 0 Å². The molecule has 78 valence electrons. The van der Waals surface area contributed by atoms with E-state index in [0.29, 0.717) is 6.42 Å². The second kappa shape index (κ2) is 6.17. The van der Waals surface area contributed by atoms with Crippen LogP contribution in [0.1, 0.15) is 40.0 Å². The van der Waals surface area contributed by atoms with E-state index in [-0.39, 0.29) is 18.1 Å². The average molecular weight is 186 g/mol. The van der Waals surface area contributed by atoms with Crippen molar-refractivity contribution in [3.8, 4) is 0 Å². The Hall–Kier alpha value is -0.340. The van der Waals surface area contributed by atoms with Gasteiger partial charge in [-0.05, 0) is 12.8 Å². The predicted molar refractivity (Wildman–Crippen MR) is 55.5 cm³/mol. The normalized spacial score (nSPS) is 15.2. The molecule has 0 aromatic carbocycles. The quantitative estimate of drug-likeness (QED) is 0.624. The molecule has 0 spiro atoms. The molecule has 0 radical (unpaired) electrons. The van der Waals surface area contributed by atoms with Crippen LogP contribution in [0.25, 0.3) is 0 Å². The number of hydrogen-bond acceptors (Lipinski definition) is 2. The summed E-state index contributed by atoms with van der Waals surface area (Å²) in [6, 6.07) is 0. The van der Waals surface area contributed by atoms with Crippen molar-refractivity contribution < 1.29 is 10.2 Å². The third-order valence-corrected chi connectivity index (χ3v) is 2.26. The summed E-state index contributed by atoms with van der Waals surface area (Å²) in [5.74, 6) is 0. The molecule has 2 nitrogen and oxygen atoms in total. The van der Waals surface area contributed by atoms with E-state index in [2.05, 4.69) is 6.92 Å². The Morgan fingerprint density at radius 2 is 2.00 bits per heavy atom. The van der Waals surface area contributed by atoms with Crippen LogP contribution in [0.15, 0.2) is 12.2 Å². The van der Waals surface area contributed by atoms with Crippen LogP contribution in [-0.4, -0.2) is 22.9 Å². The summed E-state index contributed by atoms with van der Waals surface area (Å²) in [6.45, 7) is 6.27. The van der Waals surface area contributed by atoms with Crippen molar-refractivity contribution in [2.24, 2.45) is 5.41 Å². The van der Waals surface area contributed by atoms with Crippen LogP contribution in [-0.2, 0) is 0 Å². The number of rotatable bonds is 6. The SMILES string of the molecule is CCCC(O)C(C)(C)/C=C\CCO. The minimum absolute atomic E-state index is 0.175. The maximum Gasteiger partial charge on any atom is 0.0625 e. The van der Waals surface area contributed by atoms with Crippen molar-refractivity contribution in [1.82, 2.24) is 0 Å². The monoisotopic (exact) mass is 186 g/mol. The zero-order valence-corrected chi connectivity index (χ0v) is 8.95. The van der Waals surface area contributed by atoms with E-state index >= 15 is 0 Å². The first kappa shape index (κ1) is 12.7. The molecule has 0 aliphatic rings. The van der Waals surface area contributed by atoms with Gasteiger partial charge in [-0.25, -0.2) is 0 Å². The van der Waals surface area contributed by atoms with E-state index in [4.69, 9.17) is 5.11 Å². The summed E-state index contributed by atoms with van der Waals surface area (Å²) in [6.07, 6.45) is 6.13. The molecule has 0 saturated carbocycles. The summed E-state index contributed by atoms with van der Waals surface area (Å²) in [5, 5.41) is 18.4. The Morgan fingerprint density at radius 3 is 2.46 bits per heavy atom. The van der Waals surface area contributed by atoms with Crippen LogP contribution in [0.4, 0.5) is 0 Å². The molecule has 2 N–H and O–H groups in total. The molecule has 0 aliphatic carbocycles. The fourth-order valence-electron chi connectivity index (χ4n) is 1.22. The minimum Gasteiger partial charge on any atom is -0.396 e. The van der Waals surface area contributed by atoms with Crippen molar-refractivity contribution in [3.63, 3.8) is 0 Å². The summed E-state index contributed by atoms with van der Waals surface area (Å²) in [5.41, 5.74) is -0.175. The van der Waals surface area contributed by atoms with Crippen LogP contribution >= 0.6 is 0 Å². The van der Waals surface area contributed by atoms with Gasteiger partial charge in [0, 0.05) is 12.0 Å². The first-order valence-electron chi connectivity index (χ1n) is 5.01. The second-order valence-corrected chi connectivity index (χ2v) is 4.04. The summed E-state index contributed by atoms with van der Waals surface area (Å²) < 4.78 is 0. The van der Waals surface area contributed by atoms with E-state index in [1.165, 1.54) is 0 Å². The third kappa shape index (κ3) is 5.06. The molecule has 0 aromatic rings. The number of aliphatic hydroxyl groups excluding tert-OH is 2. The Kier molecular flexibility index (Phi) is 6.00. The van der Waals surface area contributed by atoms with Crippen LogP contribution in [0.5, 0.6) is 0 Å². The molecule has 2 heteroatoms. The number of hydrogen-bond donors (Lipinski definition) is 2. The zero-order chi connectivity index (χ0) is 10.3. The van der Waals surface area contributed by atoms with Gasteiger partial charge in [0.15, 0.2) is 0 Å². The number of aliphatic hydroxyl groups is 2. The standard InChI is InChI=1S/C11H22O2/c1-4-7-10(13)11(2,3)8-5-6-9-12/h5,8,10,12-13H,4,6-7,9H2,1-3H3/b8-5-.